The van der Waals surface area contributed by atoms with E-state index in [4.69, 9.17) is 9.47 Å². The quantitative estimate of drug-likeness (QED) is 0.298. The first-order valence-corrected chi connectivity index (χ1v) is 7.74. The summed E-state index contributed by atoms with van der Waals surface area (Å²) in [7, 11) is 1.59. The van der Waals surface area contributed by atoms with Gasteiger partial charge in [-0.25, -0.2) is 14.5 Å². The summed E-state index contributed by atoms with van der Waals surface area (Å²) in [5, 5.41) is 18.8. The van der Waals surface area contributed by atoms with Gasteiger partial charge >= 0.3 is 57.4 Å². The number of esters is 1. The summed E-state index contributed by atoms with van der Waals surface area (Å²) in [4.78, 5) is 27.7. The molecule has 0 aliphatic heterocycles. The van der Waals surface area contributed by atoms with Gasteiger partial charge in [0.25, 0.3) is 5.91 Å². The Morgan fingerprint density at radius 1 is 1.31 bits per heavy atom. The molecule has 2 aromatic rings. The molecule has 0 aromatic carbocycles. The zero-order chi connectivity index (χ0) is 18.2. The number of carbonyl (C=O) groups is 2. The van der Waals surface area contributed by atoms with E-state index >= 15 is 0 Å². The topological polar surface area (TPSA) is 118 Å². The fourth-order valence-corrected chi connectivity index (χ4v) is 2.02. The molecule has 0 fully saturated rings. The summed E-state index contributed by atoms with van der Waals surface area (Å²) in [6.07, 6.45) is 3.18. The van der Waals surface area contributed by atoms with Crippen LogP contribution in [0.5, 0.6) is 5.88 Å². The Morgan fingerprint density at radius 3 is 2.69 bits per heavy atom. The van der Waals surface area contributed by atoms with Crippen LogP contribution in [0.25, 0.3) is 5.82 Å². The molecule has 0 aliphatic rings. The second kappa shape index (κ2) is 11.4. The Bertz CT molecular complexity index is 733. The van der Waals surface area contributed by atoms with E-state index in [-0.39, 0.29) is 75.3 Å². The van der Waals surface area contributed by atoms with Crippen molar-refractivity contribution in [3.8, 4) is 11.7 Å². The van der Waals surface area contributed by atoms with Gasteiger partial charge in [0.1, 0.15) is 0 Å². The Labute approximate surface area is 193 Å². The van der Waals surface area contributed by atoms with Crippen LogP contribution in [0.3, 0.4) is 0 Å². The summed E-state index contributed by atoms with van der Waals surface area (Å²) in [5.74, 6) is -1.42. The second-order valence-corrected chi connectivity index (χ2v) is 5.00. The molecule has 0 aliphatic carbocycles. The molecule has 0 unspecified atom stereocenters. The molecule has 26 heavy (non-hydrogen) atoms. The van der Waals surface area contributed by atoms with Crippen molar-refractivity contribution in [1.82, 2.24) is 20.1 Å². The van der Waals surface area contributed by atoms with Crippen LogP contribution in [0, 0.1) is 0 Å². The van der Waals surface area contributed by atoms with Crippen molar-refractivity contribution in [3.63, 3.8) is 0 Å². The van der Waals surface area contributed by atoms with Crippen LogP contribution in [0.4, 0.5) is 0 Å². The summed E-state index contributed by atoms with van der Waals surface area (Å²) < 4.78 is 10.7. The average Bonchev–Trinajstić information content (AvgIpc) is 3.00. The van der Waals surface area contributed by atoms with Crippen LogP contribution < -0.4 is 61.8 Å². The van der Waals surface area contributed by atoms with Gasteiger partial charge in [0.05, 0.1) is 23.9 Å². The smallest absolute Gasteiger partial charge is 0.858 e. The number of pyridine rings is 1. The van der Waals surface area contributed by atoms with Crippen LogP contribution in [-0.4, -0.2) is 53.5 Å². The maximum Gasteiger partial charge on any atom is 1.00 e. The van der Waals surface area contributed by atoms with Gasteiger partial charge < -0.3 is 19.9 Å². The number of hydrogen-bond acceptors (Lipinski definition) is 7. The van der Waals surface area contributed by atoms with Crippen LogP contribution in [0.1, 0.15) is 34.1 Å². The van der Waals surface area contributed by atoms with Gasteiger partial charge in [0.2, 0.25) is 0 Å². The van der Waals surface area contributed by atoms with Crippen LogP contribution >= 0.6 is 0 Å². The van der Waals surface area contributed by atoms with E-state index in [9.17, 15) is 14.7 Å². The number of nitrogens with zero attached hydrogens (tertiary/aromatic N) is 3. The van der Waals surface area contributed by atoms with Crippen molar-refractivity contribution < 1.29 is 75.6 Å². The number of rotatable bonds is 8. The van der Waals surface area contributed by atoms with E-state index in [1.54, 1.807) is 14.0 Å². The third-order valence-electron chi connectivity index (χ3n) is 3.26. The molecule has 2 rings (SSSR count). The van der Waals surface area contributed by atoms with Gasteiger partial charge in [-0.2, -0.15) is 5.10 Å². The molecule has 0 bridgehead atoms. The zero-order valence-electron chi connectivity index (χ0n) is 15.0. The third kappa shape index (κ3) is 5.86. The molecule has 0 radical (unpaired) electrons. The van der Waals surface area contributed by atoms with E-state index in [0.717, 1.165) is 10.9 Å². The fraction of sp³-hybridized carbons (Fsp3) is 0.375. The van der Waals surface area contributed by atoms with Gasteiger partial charge in [-0.3, -0.25) is 4.79 Å². The summed E-state index contributed by atoms with van der Waals surface area (Å²) >= 11 is 0. The van der Waals surface area contributed by atoms with Crippen molar-refractivity contribution in [3.05, 3.63) is 35.7 Å². The van der Waals surface area contributed by atoms with E-state index < -0.39 is 11.8 Å². The SMILES string of the molecule is CCOC(=O)c1cnn(-c2ccc(C(=O)NCCCOC)cn2)c1[O-].[K+]. The van der Waals surface area contributed by atoms with E-state index in [1.165, 1.54) is 18.3 Å². The fourth-order valence-electron chi connectivity index (χ4n) is 2.02. The number of nitrogens with one attached hydrogen (secondary N) is 1. The Kier molecular flexibility index (Phi) is 9.99. The molecular formula is C16H19KN4O5. The summed E-state index contributed by atoms with van der Waals surface area (Å²) in [5.41, 5.74) is 0.190. The van der Waals surface area contributed by atoms with Crippen molar-refractivity contribution in [2.75, 3.05) is 26.9 Å². The number of ether oxygens (including phenoxy) is 2. The maximum absolute atomic E-state index is 12.2. The van der Waals surface area contributed by atoms with Crippen LogP contribution in [0.15, 0.2) is 24.5 Å². The first-order valence-electron chi connectivity index (χ1n) is 7.74. The Morgan fingerprint density at radius 2 is 2.08 bits per heavy atom. The number of aromatic nitrogens is 3. The summed E-state index contributed by atoms with van der Waals surface area (Å²) in [6.45, 7) is 2.86. The number of amides is 1. The minimum absolute atomic E-state index is 0. The molecule has 2 heterocycles. The first-order chi connectivity index (χ1) is 12.1. The van der Waals surface area contributed by atoms with Crippen molar-refractivity contribution in [1.29, 1.82) is 0 Å². The molecule has 1 amide bonds. The molecule has 0 saturated carbocycles. The van der Waals surface area contributed by atoms with Crippen LogP contribution in [0.2, 0.25) is 0 Å². The monoisotopic (exact) mass is 386 g/mol. The van der Waals surface area contributed by atoms with Gasteiger partial charge in [-0.15, -0.1) is 0 Å². The van der Waals surface area contributed by atoms with Gasteiger partial charge in [-0.1, -0.05) is 0 Å². The van der Waals surface area contributed by atoms with Crippen molar-refractivity contribution in [2.45, 2.75) is 13.3 Å². The molecule has 0 atom stereocenters. The number of methoxy groups -OCH3 is 1. The molecule has 9 nitrogen and oxygen atoms in total. The Balaban J connectivity index is 0.00000338. The molecule has 134 valence electrons. The molecule has 10 heteroatoms. The summed E-state index contributed by atoms with van der Waals surface area (Å²) in [6, 6.07) is 3.01. The third-order valence-corrected chi connectivity index (χ3v) is 3.26. The molecule has 2 aromatic heterocycles. The minimum Gasteiger partial charge on any atom is -0.858 e. The van der Waals surface area contributed by atoms with Crippen molar-refractivity contribution in [2.24, 2.45) is 0 Å². The van der Waals surface area contributed by atoms with Gasteiger partial charge in [0, 0.05) is 32.3 Å². The first kappa shape index (κ1) is 22.7. The predicted octanol–water partition coefficient (Wildman–Crippen LogP) is -2.71. The number of hydrogen-bond donors (Lipinski definition) is 1. The number of carbonyl (C=O) groups excluding carboxylic acids is 2. The molecule has 1 N–H and O–H groups in total. The molecule has 0 saturated heterocycles. The van der Waals surface area contributed by atoms with E-state index in [1.807, 2.05) is 0 Å². The van der Waals surface area contributed by atoms with E-state index in [2.05, 4.69) is 15.4 Å². The minimum atomic E-state index is -0.731. The van der Waals surface area contributed by atoms with E-state index in [0.29, 0.717) is 25.1 Å². The average molecular weight is 386 g/mol. The predicted molar refractivity (Wildman–Crippen MR) is 85.6 cm³/mol. The van der Waals surface area contributed by atoms with Crippen LogP contribution in [-0.2, 0) is 9.47 Å². The van der Waals surface area contributed by atoms with Gasteiger partial charge in [-0.05, 0) is 25.5 Å². The molecule has 0 spiro atoms. The Hall–Kier alpha value is -1.30. The second-order valence-electron chi connectivity index (χ2n) is 5.00. The van der Waals surface area contributed by atoms with Crippen molar-refractivity contribution >= 4 is 11.9 Å². The standard InChI is InChI=1S/C16H20N4O5.K/c1-3-25-16(23)12-10-19-20(15(12)22)13-6-5-11(9-18-13)14(21)17-7-4-8-24-2;/h5-6,9-10,22H,3-4,7-8H2,1-2H3,(H,17,21);/q;+1/p-1. The largest absolute Gasteiger partial charge is 1.00 e. The van der Waals surface area contributed by atoms with Gasteiger partial charge in [0.15, 0.2) is 5.82 Å². The normalized spacial score (nSPS) is 10.1. The molecular weight excluding hydrogens is 367 g/mol. The maximum atomic E-state index is 12.2. The zero-order valence-corrected chi connectivity index (χ0v) is 18.1.